The van der Waals surface area contributed by atoms with Gasteiger partial charge in [-0.05, 0) is 53.3 Å². The molecule has 0 radical (unpaired) electrons. The number of carbonyl (C=O) groups is 1. The minimum Gasteiger partial charge on any atom is -0.333 e. The van der Waals surface area contributed by atoms with Crippen LogP contribution in [0.25, 0.3) is 5.69 Å². The number of aryl methyl sites for hydroxylation is 1. The molecule has 0 saturated carbocycles. The lowest BCUT2D eigenvalue weighted by Gasteiger charge is -2.05. The Balaban J connectivity index is 1.77. The zero-order valence-corrected chi connectivity index (χ0v) is 13.3. The maximum Gasteiger partial charge on any atom is 0.252 e. The van der Waals surface area contributed by atoms with Gasteiger partial charge < -0.3 is 5.32 Å². The molecule has 0 spiro atoms. The first-order chi connectivity index (χ1) is 11.2. The number of para-hydroxylation sites is 1. The van der Waals surface area contributed by atoms with Crippen LogP contribution in [-0.2, 0) is 6.67 Å². The van der Waals surface area contributed by atoms with E-state index in [9.17, 15) is 4.79 Å². The van der Waals surface area contributed by atoms with E-state index >= 15 is 0 Å². The zero-order valence-electron chi connectivity index (χ0n) is 12.5. The molecule has 6 nitrogen and oxygen atoms in total. The van der Waals surface area contributed by atoms with Gasteiger partial charge in [-0.15, -0.1) is 0 Å². The third kappa shape index (κ3) is 3.19. The number of hydrogen-bond acceptors (Lipinski definition) is 4. The van der Waals surface area contributed by atoms with Crippen LogP contribution in [0, 0.1) is 11.7 Å². The third-order valence-electron chi connectivity index (χ3n) is 3.41. The summed E-state index contributed by atoms with van der Waals surface area (Å²) in [5.74, 6) is -0.182. The molecule has 2 aromatic carbocycles. The highest BCUT2D eigenvalue weighted by Gasteiger charge is 2.09. The fraction of sp³-hybridized carbons (Fsp3) is 0.125. The number of rotatable bonds is 4. The van der Waals surface area contributed by atoms with Gasteiger partial charge in [-0.3, -0.25) is 4.79 Å². The molecular weight excluding hydrogens is 310 g/mol. The normalized spacial score (nSPS) is 10.5. The van der Waals surface area contributed by atoms with Crippen LogP contribution in [0.15, 0.2) is 54.6 Å². The fourth-order valence-corrected chi connectivity index (χ4v) is 2.40. The second kappa shape index (κ2) is 6.53. The second-order valence-corrected chi connectivity index (χ2v) is 5.35. The van der Waals surface area contributed by atoms with Crippen LogP contribution in [-0.4, -0.2) is 25.7 Å². The van der Waals surface area contributed by atoms with Crippen molar-refractivity contribution in [2.75, 3.05) is 0 Å². The van der Waals surface area contributed by atoms with Gasteiger partial charge in [-0.25, -0.2) is 0 Å². The average molecular weight is 325 g/mol. The Morgan fingerprint density at radius 3 is 2.52 bits per heavy atom. The lowest BCUT2D eigenvalue weighted by molar-refractivity contribution is 0.0939. The van der Waals surface area contributed by atoms with Gasteiger partial charge in [0, 0.05) is 5.56 Å². The smallest absolute Gasteiger partial charge is 0.252 e. The van der Waals surface area contributed by atoms with E-state index in [0.29, 0.717) is 10.3 Å². The molecule has 1 aromatic heterocycles. The molecule has 1 heterocycles. The molecular formula is C16H15N5OS. The van der Waals surface area contributed by atoms with Crippen LogP contribution in [0.3, 0.4) is 0 Å². The Kier molecular flexibility index (Phi) is 4.29. The van der Waals surface area contributed by atoms with E-state index in [4.69, 9.17) is 12.2 Å². The third-order valence-corrected chi connectivity index (χ3v) is 3.79. The summed E-state index contributed by atoms with van der Waals surface area (Å²) in [4.78, 5) is 12.0. The van der Waals surface area contributed by atoms with Crippen molar-refractivity contribution in [3.8, 4) is 5.69 Å². The summed E-state index contributed by atoms with van der Waals surface area (Å²) in [7, 11) is 0. The summed E-state index contributed by atoms with van der Waals surface area (Å²) in [6, 6.07) is 16.8. The number of amides is 1. The summed E-state index contributed by atoms with van der Waals surface area (Å²) < 4.78 is 3.48. The number of carbonyl (C=O) groups excluding carboxylic acids is 1. The molecule has 3 rings (SSSR count). The molecule has 23 heavy (non-hydrogen) atoms. The van der Waals surface area contributed by atoms with Crippen molar-refractivity contribution in [3.63, 3.8) is 0 Å². The standard InChI is InChI=1S/C16H15N5OS/c1-12-7-5-6-10-14(12)21-16(23)20(18-19-21)11-17-15(22)13-8-3-2-4-9-13/h2-10H,11H2,1H3,(H,17,22). The number of tetrazole rings is 1. The highest BCUT2D eigenvalue weighted by molar-refractivity contribution is 7.71. The van der Waals surface area contributed by atoms with E-state index in [-0.39, 0.29) is 12.6 Å². The van der Waals surface area contributed by atoms with E-state index < -0.39 is 0 Å². The van der Waals surface area contributed by atoms with Crippen LogP contribution in [0.5, 0.6) is 0 Å². The Bertz CT molecular complexity index is 885. The minimum atomic E-state index is -0.182. The lowest BCUT2D eigenvalue weighted by atomic mass is 10.2. The van der Waals surface area contributed by atoms with Gasteiger partial charge in [-0.1, -0.05) is 36.4 Å². The summed E-state index contributed by atoms with van der Waals surface area (Å²) >= 11 is 5.39. The fourth-order valence-electron chi connectivity index (χ4n) is 2.16. The molecule has 7 heteroatoms. The van der Waals surface area contributed by atoms with Crippen molar-refractivity contribution in [3.05, 3.63) is 70.5 Å². The van der Waals surface area contributed by atoms with Crippen molar-refractivity contribution in [2.24, 2.45) is 0 Å². The van der Waals surface area contributed by atoms with Gasteiger partial charge >= 0.3 is 0 Å². The van der Waals surface area contributed by atoms with Crippen LogP contribution < -0.4 is 5.32 Å². The maximum atomic E-state index is 12.0. The Morgan fingerprint density at radius 2 is 1.78 bits per heavy atom. The topological polar surface area (TPSA) is 64.7 Å². The van der Waals surface area contributed by atoms with Crippen molar-refractivity contribution in [1.29, 1.82) is 0 Å². The van der Waals surface area contributed by atoms with Gasteiger partial charge in [0.15, 0.2) is 0 Å². The number of nitrogens with zero attached hydrogens (tertiary/aromatic N) is 4. The molecule has 0 bridgehead atoms. The van der Waals surface area contributed by atoms with E-state index in [1.54, 1.807) is 16.8 Å². The Morgan fingerprint density at radius 1 is 1.09 bits per heavy atom. The van der Waals surface area contributed by atoms with Crippen LogP contribution in [0.1, 0.15) is 15.9 Å². The first-order valence-corrected chi connectivity index (χ1v) is 7.50. The van der Waals surface area contributed by atoms with Crippen molar-refractivity contribution in [1.82, 2.24) is 25.1 Å². The Labute approximate surface area is 138 Å². The number of benzene rings is 2. The molecule has 1 N–H and O–H groups in total. The van der Waals surface area contributed by atoms with E-state index in [1.165, 1.54) is 4.68 Å². The van der Waals surface area contributed by atoms with Crippen LogP contribution in [0.2, 0.25) is 0 Å². The van der Waals surface area contributed by atoms with E-state index in [2.05, 4.69) is 15.7 Å². The predicted molar refractivity (Wildman–Crippen MR) is 88.8 cm³/mol. The zero-order chi connectivity index (χ0) is 16.2. The molecule has 0 atom stereocenters. The summed E-state index contributed by atoms with van der Waals surface area (Å²) in [6.45, 7) is 2.14. The molecule has 116 valence electrons. The van der Waals surface area contributed by atoms with Gasteiger partial charge in [0.1, 0.15) is 6.67 Å². The first kappa shape index (κ1) is 15.1. The quantitative estimate of drug-likeness (QED) is 0.749. The Hall–Kier alpha value is -2.80. The number of aromatic nitrogens is 4. The van der Waals surface area contributed by atoms with E-state index in [1.807, 2.05) is 49.4 Å². The maximum absolute atomic E-state index is 12.0. The summed E-state index contributed by atoms with van der Waals surface area (Å²) in [6.07, 6.45) is 0. The highest BCUT2D eigenvalue weighted by Crippen LogP contribution is 2.12. The van der Waals surface area contributed by atoms with Crippen LogP contribution >= 0.6 is 12.2 Å². The molecule has 3 aromatic rings. The number of hydrogen-bond donors (Lipinski definition) is 1. The molecule has 0 aliphatic carbocycles. The molecule has 0 saturated heterocycles. The largest absolute Gasteiger partial charge is 0.333 e. The van der Waals surface area contributed by atoms with Gasteiger partial charge in [0.2, 0.25) is 4.77 Å². The van der Waals surface area contributed by atoms with Crippen LogP contribution in [0.4, 0.5) is 0 Å². The van der Waals surface area contributed by atoms with Gasteiger partial charge in [0.05, 0.1) is 5.69 Å². The molecule has 0 aliphatic rings. The lowest BCUT2D eigenvalue weighted by Crippen LogP contribution is -2.26. The van der Waals surface area contributed by atoms with Crippen molar-refractivity contribution >= 4 is 18.1 Å². The number of nitrogens with one attached hydrogen (secondary N) is 1. The van der Waals surface area contributed by atoms with Gasteiger partial charge in [-0.2, -0.15) is 9.36 Å². The monoisotopic (exact) mass is 325 g/mol. The minimum absolute atomic E-state index is 0.165. The molecule has 1 amide bonds. The van der Waals surface area contributed by atoms with Crippen molar-refractivity contribution < 1.29 is 4.79 Å². The second-order valence-electron chi connectivity index (χ2n) is 4.99. The predicted octanol–water partition coefficient (Wildman–Crippen LogP) is 2.49. The SMILES string of the molecule is Cc1ccccc1-n1nnn(CNC(=O)c2ccccc2)c1=S. The molecule has 0 fully saturated rings. The van der Waals surface area contributed by atoms with E-state index in [0.717, 1.165) is 11.3 Å². The van der Waals surface area contributed by atoms with Gasteiger partial charge in [0.25, 0.3) is 5.91 Å². The molecule has 0 aliphatic heterocycles. The van der Waals surface area contributed by atoms with Crippen molar-refractivity contribution in [2.45, 2.75) is 13.6 Å². The molecule has 0 unspecified atom stereocenters. The average Bonchev–Trinajstić information content (AvgIpc) is 2.94. The summed E-state index contributed by atoms with van der Waals surface area (Å²) in [5.41, 5.74) is 2.51. The summed E-state index contributed by atoms with van der Waals surface area (Å²) in [5, 5.41) is 10.9. The highest BCUT2D eigenvalue weighted by atomic mass is 32.1. The first-order valence-electron chi connectivity index (χ1n) is 7.09.